The number of rotatable bonds is 6. The summed E-state index contributed by atoms with van der Waals surface area (Å²) in [5, 5.41) is 12.1. The van der Waals surface area contributed by atoms with Gasteiger partial charge in [-0.3, -0.25) is 4.79 Å². The molecule has 1 aliphatic heterocycles. The van der Waals surface area contributed by atoms with E-state index >= 15 is 0 Å². The molecule has 1 amide bonds. The molecule has 0 bridgehead atoms. The zero-order chi connectivity index (χ0) is 22.1. The molecule has 7 nitrogen and oxygen atoms in total. The number of piperidine rings is 1. The lowest BCUT2D eigenvalue weighted by atomic mass is 9.98. The normalized spacial score (nSPS) is 18.1. The molecule has 8 heteroatoms. The van der Waals surface area contributed by atoms with E-state index in [0.717, 1.165) is 37.7 Å². The van der Waals surface area contributed by atoms with Crippen molar-refractivity contribution in [3.8, 4) is 11.8 Å². The van der Waals surface area contributed by atoms with Gasteiger partial charge >= 0.3 is 0 Å². The molecule has 1 saturated heterocycles. The van der Waals surface area contributed by atoms with Crippen LogP contribution in [0.1, 0.15) is 48.0 Å². The quantitative estimate of drug-likeness (QED) is 0.740. The van der Waals surface area contributed by atoms with Gasteiger partial charge in [-0.2, -0.15) is 9.57 Å². The maximum absolute atomic E-state index is 13.2. The van der Waals surface area contributed by atoms with Crippen LogP contribution in [0.15, 0.2) is 47.4 Å². The number of sulfonamides is 1. The van der Waals surface area contributed by atoms with Gasteiger partial charge in [-0.25, -0.2) is 8.42 Å². The van der Waals surface area contributed by atoms with E-state index in [1.807, 2.05) is 12.1 Å². The molecule has 4 rings (SSSR count). The molecule has 1 N–H and O–H groups in total. The molecule has 31 heavy (non-hydrogen) atoms. The van der Waals surface area contributed by atoms with Crippen molar-refractivity contribution in [3.63, 3.8) is 0 Å². The minimum absolute atomic E-state index is 0.00425. The van der Waals surface area contributed by atoms with Gasteiger partial charge in [0.25, 0.3) is 5.91 Å². The van der Waals surface area contributed by atoms with E-state index in [1.165, 1.54) is 23.5 Å². The zero-order valence-corrected chi connectivity index (χ0v) is 18.2. The Bertz CT molecular complexity index is 1130. The molecule has 2 aliphatic rings. The molecule has 1 saturated carbocycles. The second-order valence-electron chi connectivity index (χ2n) is 8.06. The van der Waals surface area contributed by atoms with Crippen LogP contribution >= 0.6 is 0 Å². The first kappa shape index (κ1) is 21.3. The SMILES string of the molecule is COc1ccc(C(=O)Nc2ccc(C3(C#N)CC3)cc2)cc1S(=O)(=O)N1CCCCC1. The first-order valence-electron chi connectivity index (χ1n) is 10.4. The third-order valence-corrected chi connectivity index (χ3v) is 7.94. The van der Waals surface area contributed by atoms with Gasteiger partial charge in [0.05, 0.1) is 18.6 Å². The Balaban J connectivity index is 1.56. The summed E-state index contributed by atoms with van der Waals surface area (Å²) >= 11 is 0. The molecule has 162 valence electrons. The Morgan fingerprint density at radius 2 is 1.77 bits per heavy atom. The summed E-state index contributed by atoms with van der Waals surface area (Å²) in [7, 11) is -2.34. The first-order chi connectivity index (χ1) is 14.9. The van der Waals surface area contributed by atoms with Gasteiger partial charge in [-0.1, -0.05) is 18.6 Å². The molecule has 1 heterocycles. The maximum atomic E-state index is 13.2. The standard InChI is InChI=1S/C23H25N3O4S/c1-30-20-10-5-17(15-21(20)31(28,29)26-13-3-2-4-14-26)22(27)25-19-8-6-18(7-9-19)23(16-24)11-12-23/h5-10,15H,2-4,11-14H2,1H3,(H,25,27). The van der Waals surface area contributed by atoms with Gasteiger partial charge in [0.1, 0.15) is 10.6 Å². The number of hydrogen-bond acceptors (Lipinski definition) is 5. The number of amides is 1. The Kier molecular flexibility index (Phi) is 5.73. The second kappa shape index (κ2) is 8.33. The number of nitrogens with one attached hydrogen (secondary N) is 1. The number of carbonyl (C=O) groups excluding carboxylic acids is 1. The highest BCUT2D eigenvalue weighted by Crippen LogP contribution is 2.47. The van der Waals surface area contributed by atoms with Crippen molar-refractivity contribution in [1.29, 1.82) is 5.26 Å². The van der Waals surface area contributed by atoms with E-state index in [9.17, 15) is 18.5 Å². The maximum Gasteiger partial charge on any atom is 0.255 e. The smallest absolute Gasteiger partial charge is 0.255 e. The number of hydrogen-bond donors (Lipinski definition) is 1. The summed E-state index contributed by atoms with van der Waals surface area (Å²) in [6.07, 6.45) is 4.38. The average molecular weight is 440 g/mol. The average Bonchev–Trinajstić information content (AvgIpc) is 3.61. The highest BCUT2D eigenvalue weighted by molar-refractivity contribution is 7.89. The van der Waals surface area contributed by atoms with Gasteiger partial charge < -0.3 is 10.1 Å². The molecule has 0 atom stereocenters. The lowest BCUT2D eigenvalue weighted by molar-refractivity contribution is 0.102. The number of methoxy groups -OCH3 is 1. The fourth-order valence-corrected chi connectivity index (χ4v) is 5.63. The Morgan fingerprint density at radius 1 is 1.10 bits per heavy atom. The van der Waals surface area contributed by atoms with Crippen LogP contribution < -0.4 is 10.1 Å². The van der Waals surface area contributed by atoms with E-state index in [4.69, 9.17) is 4.74 Å². The topological polar surface area (TPSA) is 99.5 Å². The highest BCUT2D eigenvalue weighted by atomic mass is 32.2. The minimum Gasteiger partial charge on any atom is -0.495 e. The van der Waals surface area contributed by atoms with Gasteiger partial charge in [0.2, 0.25) is 10.0 Å². The van der Waals surface area contributed by atoms with Gasteiger partial charge in [0.15, 0.2) is 0 Å². The number of anilines is 1. The Hall–Kier alpha value is -2.89. The summed E-state index contributed by atoms with van der Waals surface area (Å²) < 4.78 is 33.0. The van der Waals surface area contributed by atoms with Crippen molar-refractivity contribution >= 4 is 21.6 Å². The molecule has 0 aromatic heterocycles. The molecule has 1 aliphatic carbocycles. The molecule has 2 aromatic carbocycles. The van der Waals surface area contributed by atoms with Gasteiger partial charge in [-0.05, 0) is 61.6 Å². The number of benzene rings is 2. The highest BCUT2D eigenvalue weighted by Gasteiger charge is 2.44. The summed E-state index contributed by atoms with van der Waals surface area (Å²) in [6, 6.07) is 14.0. The number of ether oxygens (including phenoxy) is 1. The second-order valence-corrected chi connectivity index (χ2v) is 9.96. The fourth-order valence-electron chi connectivity index (χ4n) is 3.93. The summed E-state index contributed by atoms with van der Waals surface area (Å²) in [4.78, 5) is 12.8. The largest absolute Gasteiger partial charge is 0.495 e. The lowest BCUT2D eigenvalue weighted by Crippen LogP contribution is -2.35. The van der Waals surface area contributed by atoms with Crippen molar-refractivity contribution in [3.05, 3.63) is 53.6 Å². The molecule has 2 aromatic rings. The van der Waals surface area contributed by atoms with Crippen LogP contribution in [0.4, 0.5) is 5.69 Å². The Labute approximate surface area is 182 Å². The molecular weight excluding hydrogens is 414 g/mol. The number of carbonyl (C=O) groups is 1. The fraction of sp³-hybridized carbons (Fsp3) is 0.391. The van der Waals surface area contributed by atoms with E-state index in [1.54, 1.807) is 18.2 Å². The number of nitrogens with zero attached hydrogens (tertiary/aromatic N) is 2. The van der Waals surface area contributed by atoms with E-state index in [-0.39, 0.29) is 21.6 Å². The third kappa shape index (κ3) is 4.16. The van der Waals surface area contributed by atoms with Gasteiger partial charge in [0, 0.05) is 24.3 Å². The van der Waals surface area contributed by atoms with E-state index in [2.05, 4.69) is 11.4 Å². The lowest BCUT2D eigenvalue weighted by Gasteiger charge is -2.26. The third-order valence-electron chi connectivity index (χ3n) is 6.02. The molecule has 0 unspecified atom stereocenters. The van der Waals surface area contributed by atoms with Crippen LogP contribution in [-0.2, 0) is 15.4 Å². The summed E-state index contributed by atoms with van der Waals surface area (Å²) in [5.74, 6) is -0.190. The van der Waals surface area contributed by atoms with Crippen molar-refractivity contribution in [2.75, 3.05) is 25.5 Å². The zero-order valence-electron chi connectivity index (χ0n) is 17.4. The number of nitriles is 1. The van der Waals surface area contributed by atoms with Gasteiger partial charge in [-0.15, -0.1) is 0 Å². The van der Waals surface area contributed by atoms with Crippen molar-refractivity contribution in [2.24, 2.45) is 0 Å². The predicted octanol–water partition coefficient (Wildman–Crippen LogP) is 3.68. The van der Waals surface area contributed by atoms with Crippen LogP contribution in [0.3, 0.4) is 0 Å². The van der Waals surface area contributed by atoms with E-state index in [0.29, 0.717) is 18.8 Å². The van der Waals surface area contributed by atoms with Crippen molar-refractivity contribution < 1.29 is 17.9 Å². The van der Waals surface area contributed by atoms with Crippen molar-refractivity contribution in [1.82, 2.24) is 4.31 Å². The Morgan fingerprint density at radius 3 is 2.35 bits per heavy atom. The molecule has 0 spiro atoms. The van der Waals surface area contributed by atoms with Crippen LogP contribution in [0.25, 0.3) is 0 Å². The van der Waals surface area contributed by atoms with Crippen LogP contribution in [0.5, 0.6) is 5.75 Å². The molecule has 0 radical (unpaired) electrons. The van der Waals surface area contributed by atoms with Crippen LogP contribution in [0, 0.1) is 11.3 Å². The minimum atomic E-state index is -3.75. The predicted molar refractivity (Wildman–Crippen MR) is 117 cm³/mol. The van der Waals surface area contributed by atoms with E-state index < -0.39 is 15.9 Å². The first-order valence-corrected chi connectivity index (χ1v) is 11.8. The molecular formula is C23H25N3O4S. The summed E-state index contributed by atoms with van der Waals surface area (Å²) in [5.41, 5.74) is 1.39. The molecule has 2 fully saturated rings. The van der Waals surface area contributed by atoms with Crippen LogP contribution in [-0.4, -0.2) is 38.8 Å². The van der Waals surface area contributed by atoms with Crippen LogP contribution in [0.2, 0.25) is 0 Å². The summed E-state index contributed by atoms with van der Waals surface area (Å²) in [6.45, 7) is 0.941. The van der Waals surface area contributed by atoms with Crippen molar-refractivity contribution in [2.45, 2.75) is 42.4 Å². The monoisotopic (exact) mass is 439 g/mol.